The monoisotopic (exact) mass is 359 g/mol. The van der Waals surface area contributed by atoms with Crippen molar-refractivity contribution >= 4 is 5.57 Å². The molecular weight excluding hydrogens is 348 g/mol. The van der Waals surface area contributed by atoms with Crippen molar-refractivity contribution in [2.24, 2.45) is 0 Å². The van der Waals surface area contributed by atoms with Crippen LogP contribution in [0.4, 0.5) is 26.3 Å². The van der Waals surface area contributed by atoms with Crippen LogP contribution in [0, 0.1) is 0 Å². The lowest BCUT2D eigenvalue weighted by Gasteiger charge is -2.13. The van der Waals surface area contributed by atoms with Crippen LogP contribution >= 0.6 is 0 Å². The van der Waals surface area contributed by atoms with E-state index in [4.69, 9.17) is 0 Å². The second-order valence-corrected chi connectivity index (χ2v) is 5.41. The minimum Gasteiger partial charge on any atom is -0.284 e. The van der Waals surface area contributed by atoms with E-state index in [2.05, 4.69) is 15.2 Å². The Bertz CT molecular complexity index is 810. The molecule has 3 nitrogen and oxygen atoms in total. The zero-order valence-electron chi connectivity index (χ0n) is 12.5. The maximum atomic E-state index is 13.0. The summed E-state index contributed by atoms with van der Waals surface area (Å²) in [5.41, 5.74) is -2.37. The number of hydrogen-bond acceptors (Lipinski definition) is 2. The van der Waals surface area contributed by atoms with Crippen molar-refractivity contribution in [1.29, 1.82) is 0 Å². The fraction of sp³-hybridized carbons (Fsp3) is 0.250. The molecule has 1 N–H and O–H groups in total. The molecule has 0 spiro atoms. The van der Waals surface area contributed by atoms with Crippen molar-refractivity contribution in [3.63, 3.8) is 0 Å². The summed E-state index contributed by atoms with van der Waals surface area (Å²) in [7, 11) is 0. The number of pyridine rings is 1. The summed E-state index contributed by atoms with van der Waals surface area (Å²) in [4.78, 5) is 2.72. The molecule has 0 unspecified atom stereocenters. The topological polar surface area (TPSA) is 41.6 Å². The van der Waals surface area contributed by atoms with E-state index in [1.807, 2.05) is 12.2 Å². The number of H-pyrrole nitrogens is 1. The molecule has 1 aliphatic rings. The smallest absolute Gasteiger partial charge is 0.284 e. The molecule has 9 heteroatoms. The molecule has 0 amide bonds. The molecular formula is C16H11F6N3. The van der Waals surface area contributed by atoms with Gasteiger partial charge < -0.3 is 0 Å². The van der Waals surface area contributed by atoms with Crippen molar-refractivity contribution in [3.8, 4) is 11.1 Å². The van der Waals surface area contributed by atoms with E-state index >= 15 is 0 Å². The number of hydrogen-bond donors (Lipinski definition) is 1. The SMILES string of the molecule is FC(F)(F)c1cc(-c2c[nH]nc2C2=CCCC=C2)cc(C(F)(F)F)n1. The first-order valence-electron chi connectivity index (χ1n) is 7.24. The van der Waals surface area contributed by atoms with Gasteiger partial charge in [-0.3, -0.25) is 5.10 Å². The normalized spacial score (nSPS) is 15.4. The average molecular weight is 359 g/mol. The van der Waals surface area contributed by atoms with Gasteiger partial charge in [0, 0.05) is 11.8 Å². The van der Waals surface area contributed by atoms with Gasteiger partial charge in [-0.15, -0.1) is 0 Å². The van der Waals surface area contributed by atoms with E-state index in [0.29, 0.717) is 23.4 Å². The molecule has 0 atom stereocenters. The second-order valence-electron chi connectivity index (χ2n) is 5.41. The maximum absolute atomic E-state index is 13.0. The number of rotatable bonds is 2. The highest BCUT2D eigenvalue weighted by atomic mass is 19.4. The minimum absolute atomic E-state index is 0.149. The number of nitrogens with one attached hydrogen (secondary N) is 1. The molecule has 0 aromatic carbocycles. The van der Waals surface area contributed by atoms with Crippen molar-refractivity contribution in [1.82, 2.24) is 15.2 Å². The predicted octanol–water partition coefficient (Wildman–Crippen LogP) is 5.24. The van der Waals surface area contributed by atoms with Crippen molar-refractivity contribution in [2.75, 3.05) is 0 Å². The third kappa shape index (κ3) is 3.59. The van der Waals surface area contributed by atoms with Crippen LogP contribution in [-0.4, -0.2) is 15.2 Å². The summed E-state index contributed by atoms with van der Waals surface area (Å²) < 4.78 is 77.7. The average Bonchev–Trinajstić information content (AvgIpc) is 3.03. The second kappa shape index (κ2) is 6.05. The zero-order valence-corrected chi connectivity index (χ0v) is 12.5. The van der Waals surface area contributed by atoms with Crippen LogP contribution in [0.5, 0.6) is 0 Å². The molecule has 2 heterocycles. The summed E-state index contributed by atoms with van der Waals surface area (Å²) in [6, 6.07) is 1.19. The fourth-order valence-corrected chi connectivity index (χ4v) is 2.50. The molecule has 0 fully saturated rings. The molecule has 3 rings (SSSR count). The summed E-state index contributed by atoms with van der Waals surface area (Å²) in [5.74, 6) is 0. The van der Waals surface area contributed by atoms with Crippen molar-refractivity contribution in [2.45, 2.75) is 25.2 Å². The number of alkyl halides is 6. The van der Waals surface area contributed by atoms with E-state index < -0.39 is 23.7 Å². The Hall–Kier alpha value is -2.58. The standard InChI is InChI=1S/C16H11F6N3/c17-15(18,19)12-6-10(7-13(24-12)16(20,21)22)11-8-23-25-14(11)9-4-2-1-3-5-9/h2,4-8H,1,3H2,(H,23,25). The summed E-state index contributed by atoms with van der Waals surface area (Å²) in [6.45, 7) is 0. The Morgan fingerprint density at radius 2 is 1.56 bits per heavy atom. The fourth-order valence-electron chi connectivity index (χ4n) is 2.50. The lowest BCUT2D eigenvalue weighted by atomic mass is 9.97. The van der Waals surface area contributed by atoms with Crippen LogP contribution in [0.2, 0.25) is 0 Å². The van der Waals surface area contributed by atoms with Gasteiger partial charge in [-0.1, -0.05) is 18.2 Å². The molecule has 132 valence electrons. The Morgan fingerprint density at radius 3 is 2.08 bits per heavy atom. The van der Waals surface area contributed by atoms with Crippen LogP contribution in [0.1, 0.15) is 29.9 Å². The van der Waals surface area contributed by atoms with Crippen molar-refractivity contribution in [3.05, 3.63) is 53.6 Å². The van der Waals surface area contributed by atoms with E-state index in [1.54, 1.807) is 6.08 Å². The van der Waals surface area contributed by atoms with Gasteiger partial charge in [0.1, 0.15) is 11.4 Å². The highest BCUT2D eigenvalue weighted by Crippen LogP contribution is 2.38. The highest BCUT2D eigenvalue weighted by molar-refractivity contribution is 5.83. The van der Waals surface area contributed by atoms with Crippen LogP contribution in [0.3, 0.4) is 0 Å². The van der Waals surface area contributed by atoms with Crippen LogP contribution in [0.15, 0.2) is 36.6 Å². The van der Waals surface area contributed by atoms with E-state index in [-0.39, 0.29) is 11.1 Å². The third-order valence-electron chi connectivity index (χ3n) is 3.63. The number of aromatic nitrogens is 3. The van der Waals surface area contributed by atoms with Crippen LogP contribution in [0.25, 0.3) is 16.7 Å². The van der Waals surface area contributed by atoms with Crippen molar-refractivity contribution < 1.29 is 26.3 Å². The minimum atomic E-state index is -5.00. The van der Waals surface area contributed by atoms with Gasteiger partial charge >= 0.3 is 12.4 Å². The quantitative estimate of drug-likeness (QED) is 0.745. The van der Waals surface area contributed by atoms with Gasteiger partial charge in [-0.2, -0.15) is 31.4 Å². The summed E-state index contributed by atoms with van der Waals surface area (Å²) in [6.07, 6.45) is -1.76. The number of aromatic amines is 1. The molecule has 2 aromatic heterocycles. The largest absolute Gasteiger partial charge is 0.433 e. The Kier molecular flexibility index (Phi) is 4.18. The van der Waals surface area contributed by atoms with Gasteiger partial charge in [-0.25, -0.2) is 4.98 Å². The maximum Gasteiger partial charge on any atom is 0.433 e. The third-order valence-corrected chi connectivity index (χ3v) is 3.63. The molecule has 2 aromatic rings. The molecule has 0 radical (unpaired) electrons. The molecule has 0 saturated heterocycles. The Morgan fingerprint density at radius 1 is 0.920 bits per heavy atom. The van der Waals surface area contributed by atoms with Gasteiger partial charge in [-0.05, 0) is 36.1 Å². The van der Waals surface area contributed by atoms with Crippen LogP contribution in [-0.2, 0) is 12.4 Å². The van der Waals surface area contributed by atoms with Crippen LogP contribution < -0.4 is 0 Å². The van der Waals surface area contributed by atoms with E-state index in [1.165, 1.54) is 6.20 Å². The molecule has 0 saturated carbocycles. The number of allylic oxidation sites excluding steroid dienone is 4. The first-order chi connectivity index (χ1) is 11.7. The number of halogens is 6. The lowest BCUT2D eigenvalue weighted by Crippen LogP contribution is -2.15. The zero-order chi connectivity index (χ0) is 18.2. The molecule has 0 bridgehead atoms. The first-order valence-corrected chi connectivity index (χ1v) is 7.24. The molecule has 1 aliphatic carbocycles. The summed E-state index contributed by atoms with van der Waals surface area (Å²) in [5, 5.41) is 6.48. The van der Waals surface area contributed by atoms with Gasteiger partial charge in [0.05, 0.1) is 5.69 Å². The van der Waals surface area contributed by atoms with Gasteiger partial charge in [0.15, 0.2) is 0 Å². The Labute approximate surface area is 138 Å². The highest BCUT2D eigenvalue weighted by Gasteiger charge is 2.39. The summed E-state index contributed by atoms with van der Waals surface area (Å²) >= 11 is 0. The predicted molar refractivity (Wildman–Crippen MR) is 78.2 cm³/mol. The molecule has 0 aliphatic heterocycles. The first kappa shape index (κ1) is 17.2. The van der Waals surface area contributed by atoms with E-state index in [0.717, 1.165) is 12.8 Å². The lowest BCUT2D eigenvalue weighted by molar-refractivity contribution is -0.150. The van der Waals surface area contributed by atoms with E-state index in [9.17, 15) is 26.3 Å². The molecule has 25 heavy (non-hydrogen) atoms. The Balaban J connectivity index is 2.17. The van der Waals surface area contributed by atoms with Gasteiger partial charge in [0.2, 0.25) is 0 Å². The van der Waals surface area contributed by atoms with Gasteiger partial charge in [0.25, 0.3) is 0 Å². The number of nitrogens with zero attached hydrogens (tertiary/aromatic N) is 2.